The number of pyridine rings is 1. The zero-order valence-corrected chi connectivity index (χ0v) is 26.9. The van der Waals surface area contributed by atoms with Gasteiger partial charge in [0.05, 0.1) is 11.5 Å². The minimum Gasteiger partial charge on any atom is -0.481 e. The van der Waals surface area contributed by atoms with Crippen LogP contribution in [0, 0.1) is 5.92 Å². The number of halogens is 3. The molecule has 10 heteroatoms. The number of carboxylic acid groups (broad SMARTS) is 2. The van der Waals surface area contributed by atoms with Gasteiger partial charge in [0.15, 0.2) is 0 Å². The molecule has 0 fully saturated rings. The van der Waals surface area contributed by atoms with Crippen LogP contribution in [0.2, 0.25) is 0 Å². The minimum atomic E-state index is -4.91. The number of hydrogen-bond donors (Lipinski definition) is 3. The summed E-state index contributed by atoms with van der Waals surface area (Å²) >= 11 is 0. The van der Waals surface area contributed by atoms with Gasteiger partial charge in [-0.3, -0.25) is 9.78 Å². The van der Waals surface area contributed by atoms with Crippen molar-refractivity contribution in [3.63, 3.8) is 0 Å². The molecule has 3 aromatic carbocycles. The first-order chi connectivity index (χ1) is 22.8. The molecule has 4 atom stereocenters. The Balaban J connectivity index is 1.47. The largest absolute Gasteiger partial charge is 0.481 e. The van der Waals surface area contributed by atoms with Crippen LogP contribution in [0.15, 0.2) is 115 Å². The molecule has 4 aromatic rings. The van der Waals surface area contributed by atoms with Crippen molar-refractivity contribution >= 4 is 17.6 Å². The van der Waals surface area contributed by atoms with Gasteiger partial charge in [-0.05, 0) is 66.6 Å². The molecule has 4 unspecified atom stereocenters. The maximum absolute atomic E-state index is 14.1. The molecule has 48 heavy (non-hydrogen) atoms. The smallest absolute Gasteiger partial charge is 0.433 e. The number of anilines is 1. The standard InChI is InChI=1S/C38H38F3N3O4/c1-24(28-16-18-29(19-17-28)44(22-26-11-6-4-7-12-26)23-27-13-8-5-9-14-27)21-37(3)33(36(47)48)32(31(35(45)46)25(2)43-37)30-15-10-20-42-34(30)38(39,40)41/h4-20,24,32-33,43H,21-23H2,1-3H3,(H,45,46)(H,47,48). The van der Waals surface area contributed by atoms with E-state index in [1.54, 1.807) is 6.92 Å². The van der Waals surface area contributed by atoms with E-state index >= 15 is 0 Å². The number of hydrogen-bond acceptors (Lipinski definition) is 5. The van der Waals surface area contributed by atoms with E-state index in [1.165, 1.54) is 13.0 Å². The van der Waals surface area contributed by atoms with Crippen molar-refractivity contribution in [2.24, 2.45) is 5.92 Å². The Labute approximate surface area is 277 Å². The van der Waals surface area contributed by atoms with Crippen molar-refractivity contribution in [2.75, 3.05) is 4.90 Å². The van der Waals surface area contributed by atoms with Crippen molar-refractivity contribution < 1.29 is 33.0 Å². The van der Waals surface area contributed by atoms with Gasteiger partial charge in [0.1, 0.15) is 5.69 Å². The van der Waals surface area contributed by atoms with Crippen LogP contribution in [-0.2, 0) is 28.9 Å². The Hall–Kier alpha value is -5.12. The van der Waals surface area contributed by atoms with E-state index in [-0.39, 0.29) is 18.0 Å². The van der Waals surface area contributed by atoms with Crippen LogP contribution in [0.25, 0.3) is 0 Å². The molecule has 5 rings (SSSR count). The molecule has 7 nitrogen and oxygen atoms in total. The molecule has 1 aromatic heterocycles. The molecule has 3 N–H and O–H groups in total. The Morgan fingerprint density at radius 3 is 1.96 bits per heavy atom. The van der Waals surface area contributed by atoms with Gasteiger partial charge in [0.25, 0.3) is 0 Å². The monoisotopic (exact) mass is 657 g/mol. The van der Waals surface area contributed by atoms with Crippen LogP contribution in [-0.4, -0.2) is 32.7 Å². The maximum Gasteiger partial charge on any atom is 0.433 e. The van der Waals surface area contributed by atoms with Crippen LogP contribution in [0.4, 0.5) is 18.9 Å². The molecule has 0 spiro atoms. The number of nitrogens with zero attached hydrogens (tertiary/aromatic N) is 2. The van der Waals surface area contributed by atoms with Gasteiger partial charge in [0.2, 0.25) is 0 Å². The highest BCUT2D eigenvalue weighted by molar-refractivity contribution is 5.92. The molecule has 250 valence electrons. The second-order valence-corrected chi connectivity index (χ2v) is 12.6. The van der Waals surface area contributed by atoms with E-state index in [1.807, 2.05) is 67.6 Å². The van der Waals surface area contributed by atoms with Crippen LogP contribution in [0.1, 0.15) is 67.0 Å². The number of aliphatic carboxylic acids is 2. The number of nitrogens with one attached hydrogen (secondary N) is 1. The number of aromatic nitrogens is 1. The predicted molar refractivity (Wildman–Crippen MR) is 177 cm³/mol. The summed E-state index contributed by atoms with van der Waals surface area (Å²) in [5, 5.41) is 23.8. The summed E-state index contributed by atoms with van der Waals surface area (Å²) in [6.45, 7) is 6.39. The summed E-state index contributed by atoms with van der Waals surface area (Å²) in [4.78, 5) is 31.2. The highest BCUT2D eigenvalue weighted by Crippen LogP contribution is 2.49. The highest BCUT2D eigenvalue weighted by Gasteiger charge is 2.53. The summed E-state index contributed by atoms with van der Waals surface area (Å²) in [5.41, 5.74) is 0.813. The summed E-state index contributed by atoms with van der Waals surface area (Å²) < 4.78 is 42.4. The van der Waals surface area contributed by atoms with Gasteiger partial charge in [0, 0.05) is 42.1 Å². The fourth-order valence-electron chi connectivity index (χ4n) is 7.08. The minimum absolute atomic E-state index is 0.115. The van der Waals surface area contributed by atoms with Crippen molar-refractivity contribution in [2.45, 2.75) is 63.8 Å². The second kappa shape index (κ2) is 13.9. The number of carboxylic acids is 2. The second-order valence-electron chi connectivity index (χ2n) is 12.6. The summed E-state index contributed by atoms with van der Waals surface area (Å²) in [5.74, 6) is -6.29. The molecule has 2 heterocycles. The first kappa shape index (κ1) is 34.2. The molecule has 0 radical (unpaired) electrons. The number of carbonyl (C=O) groups is 2. The first-order valence-corrected chi connectivity index (χ1v) is 15.7. The van der Waals surface area contributed by atoms with E-state index in [9.17, 15) is 33.0 Å². The Kier molecular flexibility index (Phi) is 9.93. The maximum atomic E-state index is 14.1. The van der Waals surface area contributed by atoms with Gasteiger partial charge in [-0.15, -0.1) is 0 Å². The summed E-state index contributed by atoms with van der Waals surface area (Å²) in [6.07, 6.45) is -3.75. The number of rotatable bonds is 11. The third-order valence-corrected chi connectivity index (χ3v) is 9.14. The Bertz CT molecular complexity index is 1740. The van der Waals surface area contributed by atoms with Crippen LogP contribution >= 0.6 is 0 Å². The number of allylic oxidation sites excluding steroid dienone is 1. The molecule has 1 aliphatic rings. The van der Waals surface area contributed by atoms with Gasteiger partial charge in [-0.2, -0.15) is 13.2 Å². The molecule has 0 bridgehead atoms. The zero-order chi connectivity index (χ0) is 34.6. The molecule has 1 aliphatic heterocycles. The summed E-state index contributed by atoms with van der Waals surface area (Å²) in [6, 6.07) is 30.7. The van der Waals surface area contributed by atoms with Crippen LogP contribution in [0.5, 0.6) is 0 Å². The lowest BCUT2D eigenvalue weighted by atomic mass is 9.64. The quantitative estimate of drug-likeness (QED) is 0.150. The highest BCUT2D eigenvalue weighted by atomic mass is 19.4. The van der Waals surface area contributed by atoms with Gasteiger partial charge in [-0.1, -0.05) is 85.8 Å². The summed E-state index contributed by atoms with van der Waals surface area (Å²) in [7, 11) is 0. The fourth-order valence-corrected chi connectivity index (χ4v) is 7.08. The van der Waals surface area contributed by atoms with Crippen molar-refractivity contribution in [3.05, 3.63) is 142 Å². The third-order valence-electron chi connectivity index (χ3n) is 9.14. The van der Waals surface area contributed by atoms with E-state index < -0.39 is 52.3 Å². The zero-order valence-electron chi connectivity index (χ0n) is 26.9. The van der Waals surface area contributed by atoms with E-state index in [4.69, 9.17) is 0 Å². The normalized spacial score (nSPS) is 20.1. The van der Waals surface area contributed by atoms with Gasteiger partial charge < -0.3 is 20.4 Å². The average molecular weight is 658 g/mol. The van der Waals surface area contributed by atoms with Crippen molar-refractivity contribution in [3.8, 4) is 0 Å². The van der Waals surface area contributed by atoms with Crippen molar-refractivity contribution in [1.29, 1.82) is 0 Å². The lowest BCUT2D eigenvalue weighted by Gasteiger charge is -2.47. The van der Waals surface area contributed by atoms with E-state index in [0.29, 0.717) is 13.1 Å². The fraction of sp³-hybridized carbons (Fsp3) is 0.289. The lowest BCUT2D eigenvalue weighted by Crippen LogP contribution is -2.58. The SMILES string of the molecule is CC1=C(C(=O)O)C(c2cccnc2C(F)(F)F)C(C(=O)O)C(C)(CC(C)c2ccc(N(Cc3ccccc3)Cc3ccccc3)cc2)N1. The molecule has 0 aliphatic carbocycles. The Morgan fingerprint density at radius 2 is 1.46 bits per heavy atom. The lowest BCUT2D eigenvalue weighted by molar-refractivity contribution is -0.148. The van der Waals surface area contributed by atoms with E-state index in [0.717, 1.165) is 34.6 Å². The topological polar surface area (TPSA) is 103 Å². The van der Waals surface area contributed by atoms with Crippen molar-refractivity contribution in [1.82, 2.24) is 10.3 Å². The molecular weight excluding hydrogens is 619 g/mol. The average Bonchev–Trinajstić information content (AvgIpc) is 3.04. The first-order valence-electron chi connectivity index (χ1n) is 15.7. The third kappa shape index (κ3) is 7.38. The molecule has 0 amide bonds. The number of alkyl halides is 3. The van der Waals surface area contributed by atoms with E-state index in [2.05, 4.69) is 39.5 Å². The van der Waals surface area contributed by atoms with Crippen LogP contribution < -0.4 is 10.2 Å². The molecular formula is C38H38F3N3O4. The van der Waals surface area contributed by atoms with Gasteiger partial charge in [-0.25, -0.2) is 4.79 Å². The number of benzene rings is 3. The molecule has 0 saturated carbocycles. The molecule has 0 saturated heterocycles. The van der Waals surface area contributed by atoms with Crippen LogP contribution in [0.3, 0.4) is 0 Å². The Morgan fingerprint density at radius 1 is 0.896 bits per heavy atom. The van der Waals surface area contributed by atoms with Gasteiger partial charge >= 0.3 is 18.1 Å². The predicted octanol–water partition coefficient (Wildman–Crippen LogP) is 8.01.